The minimum absolute atomic E-state index is 0.127. The van der Waals surface area contributed by atoms with E-state index in [0.717, 1.165) is 24.7 Å². The van der Waals surface area contributed by atoms with Crippen LogP contribution in [-0.4, -0.2) is 37.6 Å². The summed E-state index contributed by atoms with van der Waals surface area (Å²) in [4.78, 5) is 4.83. The van der Waals surface area contributed by atoms with Crippen LogP contribution in [0.3, 0.4) is 0 Å². The fraction of sp³-hybridized carbons (Fsp3) is 0.588. The standard InChI is InChI=1S/C17H22FN3/c18-17-11-16(4-3-15(17)12-19)21-9-5-14(6-10-21)13-20-7-1-2-8-20/h3-4,11,14H,1-2,5-10,13H2. The van der Waals surface area contributed by atoms with Crippen LogP contribution < -0.4 is 4.90 Å². The van der Waals surface area contributed by atoms with E-state index in [4.69, 9.17) is 5.26 Å². The first-order valence-corrected chi connectivity index (χ1v) is 7.93. The quantitative estimate of drug-likeness (QED) is 0.856. The zero-order chi connectivity index (χ0) is 14.7. The van der Waals surface area contributed by atoms with Gasteiger partial charge < -0.3 is 9.80 Å². The first kappa shape index (κ1) is 14.3. The summed E-state index contributed by atoms with van der Waals surface area (Å²) < 4.78 is 13.7. The van der Waals surface area contributed by atoms with Gasteiger partial charge in [-0.2, -0.15) is 5.26 Å². The van der Waals surface area contributed by atoms with Gasteiger partial charge >= 0.3 is 0 Å². The molecule has 0 aliphatic carbocycles. The van der Waals surface area contributed by atoms with Crippen molar-refractivity contribution in [2.24, 2.45) is 5.92 Å². The van der Waals surface area contributed by atoms with Gasteiger partial charge in [0.15, 0.2) is 0 Å². The largest absolute Gasteiger partial charge is 0.371 e. The summed E-state index contributed by atoms with van der Waals surface area (Å²) in [6.45, 7) is 5.74. The van der Waals surface area contributed by atoms with E-state index in [1.807, 2.05) is 12.1 Å². The molecule has 2 heterocycles. The third-order valence-electron chi connectivity index (χ3n) is 4.77. The SMILES string of the molecule is N#Cc1ccc(N2CCC(CN3CCCC3)CC2)cc1F. The van der Waals surface area contributed by atoms with Crippen LogP contribution in [0.25, 0.3) is 0 Å². The van der Waals surface area contributed by atoms with E-state index in [1.165, 1.54) is 51.4 Å². The third-order valence-corrected chi connectivity index (χ3v) is 4.77. The molecule has 4 heteroatoms. The molecule has 0 aromatic heterocycles. The van der Waals surface area contributed by atoms with Crippen molar-refractivity contribution in [1.82, 2.24) is 4.90 Å². The molecule has 0 spiro atoms. The predicted octanol–water partition coefficient (Wildman–Crippen LogP) is 3.01. The third kappa shape index (κ3) is 3.36. The van der Waals surface area contributed by atoms with Crippen LogP contribution in [0.4, 0.5) is 10.1 Å². The molecule has 0 saturated carbocycles. The zero-order valence-electron chi connectivity index (χ0n) is 12.4. The van der Waals surface area contributed by atoms with Crippen molar-refractivity contribution in [1.29, 1.82) is 5.26 Å². The van der Waals surface area contributed by atoms with Gasteiger partial charge in [0.25, 0.3) is 0 Å². The highest BCUT2D eigenvalue weighted by Gasteiger charge is 2.23. The van der Waals surface area contributed by atoms with Crippen LogP contribution in [0.1, 0.15) is 31.2 Å². The Bertz CT molecular complexity index is 523. The smallest absolute Gasteiger partial charge is 0.143 e. The number of rotatable bonds is 3. The Morgan fingerprint density at radius 1 is 1.14 bits per heavy atom. The average molecular weight is 287 g/mol. The molecule has 0 atom stereocenters. The van der Waals surface area contributed by atoms with Crippen LogP contribution in [0.15, 0.2) is 18.2 Å². The van der Waals surface area contributed by atoms with E-state index in [1.54, 1.807) is 6.07 Å². The number of nitriles is 1. The highest BCUT2D eigenvalue weighted by Crippen LogP contribution is 2.26. The van der Waals surface area contributed by atoms with Gasteiger partial charge in [0.1, 0.15) is 11.9 Å². The molecule has 3 rings (SSSR count). The first-order valence-electron chi connectivity index (χ1n) is 7.93. The zero-order valence-corrected chi connectivity index (χ0v) is 12.4. The van der Waals surface area contributed by atoms with Gasteiger partial charge in [0.2, 0.25) is 0 Å². The summed E-state index contributed by atoms with van der Waals surface area (Å²) in [6.07, 6.45) is 5.06. The Hall–Kier alpha value is -1.60. The molecule has 3 nitrogen and oxygen atoms in total. The number of piperidine rings is 1. The monoisotopic (exact) mass is 287 g/mol. The summed E-state index contributed by atoms with van der Waals surface area (Å²) in [5.41, 5.74) is 1.04. The number of benzene rings is 1. The lowest BCUT2D eigenvalue weighted by molar-refractivity contribution is 0.249. The van der Waals surface area contributed by atoms with Crippen LogP contribution in [0.5, 0.6) is 0 Å². The van der Waals surface area contributed by atoms with Gasteiger partial charge in [-0.15, -0.1) is 0 Å². The maximum Gasteiger partial charge on any atom is 0.143 e. The van der Waals surface area contributed by atoms with Crippen molar-refractivity contribution in [3.05, 3.63) is 29.6 Å². The van der Waals surface area contributed by atoms with Gasteiger partial charge in [-0.05, 0) is 62.9 Å². The molecular formula is C17H22FN3. The van der Waals surface area contributed by atoms with E-state index < -0.39 is 5.82 Å². The van der Waals surface area contributed by atoms with E-state index in [9.17, 15) is 4.39 Å². The maximum absolute atomic E-state index is 13.7. The summed E-state index contributed by atoms with van der Waals surface area (Å²) in [6, 6.07) is 6.82. The highest BCUT2D eigenvalue weighted by molar-refractivity contribution is 5.50. The molecule has 112 valence electrons. The molecule has 0 amide bonds. The van der Waals surface area contributed by atoms with Gasteiger partial charge in [-0.1, -0.05) is 0 Å². The summed E-state index contributed by atoms with van der Waals surface area (Å²) in [7, 11) is 0. The number of nitrogens with zero attached hydrogens (tertiary/aromatic N) is 3. The molecule has 0 unspecified atom stereocenters. The molecule has 2 fully saturated rings. The Morgan fingerprint density at radius 2 is 1.86 bits per heavy atom. The van der Waals surface area contributed by atoms with Gasteiger partial charge in [-0.3, -0.25) is 0 Å². The van der Waals surface area contributed by atoms with Crippen molar-refractivity contribution < 1.29 is 4.39 Å². The normalized spacial score (nSPS) is 20.7. The van der Waals surface area contributed by atoms with Crippen molar-refractivity contribution in [3.63, 3.8) is 0 Å². The Balaban J connectivity index is 1.55. The van der Waals surface area contributed by atoms with Gasteiger partial charge in [0, 0.05) is 25.3 Å². The molecule has 21 heavy (non-hydrogen) atoms. The van der Waals surface area contributed by atoms with E-state index in [2.05, 4.69) is 9.80 Å². The van der Waals surface area contributed by atoms with Crippen molar-refractivity contribution in [2.45, 2.75) is 25.7 Å². The molecule has 0 radical (unpaired) electrons. The number of hydrogen-bond donors (Lipinski definition) is 0. The molecule has 1 aromatic rings. The lowest BCUT2D eigenvalue weighted by atomic mass is 9.95. The first-order chi connectivity index (χ1) is 10.3. The van der Waals surface area contributed by atoms with E-state index in [-0.39, 0.29) is 5.56 Å². The Morgan fingerprint density at radius 3 is 2.48 bits per heavy atom. The summed E-state index contributed by atoms with van der Waals surface area (Å²) in [5, 5.41) is 8.78. The molecule has 2 aliphatic heterocycles. The molecular weight excluding hydrogens is 265 g/mol. The summed E-state index contributed by atoms with van der Waals surface area (Å²) >= 11 is 0. The van der Waals surface area contributed by atoms with Crippen molar-refractivity contribution in [2.75, 3.05) is 37.6 Å². The molecule has 0 bridgehead atoms. The lowest BCUT2D eigenvalue weighted by Crippen LogP contribution is -2.38. The maximum atomic E-state index is 13.7. The average Bonchev–Trinajstić information content (AvgIpc) is 3.01. The second kappa shape index (κ2) is 6.44. The number of anilines is 1. The molecule has 2 aliphatic rings. The molecule has 1 aromatic carbocycles. The highest BCUT2D eigenvalue weighted by atomic mass is 19.1. The fourth-order valence-electron chi connectivity index (χ4n) is 3.50. The minimum atomic E-state index is -0.408. The van der Waals surface area contributed by atoms with Crippen LogP contribution in [-0.2, 0) is 0 Å². The second-order valence-corrected chi connectivity index (χ2v) is 6.21. The Labute approximate surface area is 126 Å². The molecule has 2 saturated heterocycles. The predicted molar refractivity (Wildman–Crippen MR) is 81.7 cm³/mol. The van der Waals surface area contributed by atoms with Crippen molar-refractivity contribution >= 4 is 5.69 Å². The lowest BCUT2D eigenvalue weighted by Gasteiger charge is -2.35. The number of likely N-dealkylation sites (tertiary alicyclic amines) is 1. The van der Waals surface area contributed by atoms with Crippen LogP contribution >= 0.6 is 0 Å². The topological polar surface area (TPSA) is 30.3 Å². The van der Waals surface area contributed by atoms with E-state index in [0.29, 0.717) is 0 Å². The van der Waals surface area contributed by atoms with Gasteiger partial charge in [0.05, 0.1) is 5.56 Å². The molecule has 0 N–H and O–H groups in total. The number of halogens is 1. The Kier molecular flexibility index (Phi) is 4.40. The van der Waals surface area contributed by atoms with Crippen LogP contribution in [0.2, 0.25) is 0 Å². The second-order valence-electron chi connectivity index (χ2n) is 6.21. The number of hydrogen-bond acceptors (Lipinski definition) is 3. The van der Waals surface area contributed by atoms with Crippen LogP contribution in [0, 0.1) is 23.1 Å². The van der Waals surface area contributed by atoms with Crippen molar-refractivity contribution in [3.8, 4) is 6.07 Å². The summed E-state index contributed by atoms with van der Waals surface area (Å²) in [5.74, 6) is 0.372. The van der Waals surface area contributed by atoms with Gasteiger partial charge in [-0.25, -0.2) is 4.39 Å². The minimum Gasteiger partial charge on any atom is -0.371 e. The van der Waals surface area contributed by atoms with E-state index >= 15 is 0 Å². The fourth-order valence-corrected chi connectivity index (χ4v) is 3.50.